The van der Waals surface area contributed by atoms with E-state index in [1.807, 2.05) is 0 Å². The van der Waals surface area contributed by atoms with Gasteiger partial charge in [0, 0.05) is 31.1 Å². The van der Waals surface area contributed by atoms with Gasteiger partial charge in [-0.25, -0.2) is 19.2 Å². The summed E-state index contributed by atoms with van der Waals surface area (Å²) in [5.74, 6) is -11.4. The molecule has 0 aliphatic rings. The number of carbonyl (C=O) groups is 6. The SMILES string of the molecule is C=CC(=O)OCCC(C(=O)O)C(O)(C(=O)O)C(CCOC(=O)C=C)(CCOC(=O)C=C)C(=O)O. The Kier molecular flexibility index (Phi) is 11.9. The molecule has 0 rings (SSSR count). The molecule has 0 saturated carbocycles. The lowest BCUT2D eigenvalue weighted by Gasteiger charge is -2.44. The second kappa shape index (κ2) is 13.5. The Balaban J connectivity index is 6.51. The first-order valence-corrected chi connectivity index (χ1v) is 9.63. The lowest BCUT2D eigenvalue weighted by Crippen LogP contribution is -2.65. The zero-order valence-electron chi connectivity index (χ0n) is 18.1. The van der Waals surface area contributed by atoms with Crippen LogP contribution in [-0.2, 0) is 43.0 Å². The predicted molar refractivity (Wildman–Crippen MR) is 111 cm³/mol. The van der Waals surface area contributed by atoms with Crippen LogP contribution in [0.3, 0.4) is 0 Å². The molecule has 188 valence electrons. The lowest BCUT2D eigenvalue weighted by molar-refractivity contribution is -0.211. The first-order chi connectivity index (χ1) is 15.8. The number of carbonyl (C=O) groups excluding carboxylic acids is 3. The molecule has 13 heteroatoms. The second-order valence-electron chi connectivity index (χ2n) is 6.75. The summed E-state index contributed by atoms with van der Waals surface area (Å²) < 4.78 is 14.1. The molecule has 0 heterocycles. The summed E-state index contributed by atoms with van der Waals surface area (Å²) in [5.41, 5.74) is -6.40. The van der Waals surface area contributed by atoms with E-state index in [0.717, 1.165) is 18.2 Å². The average molecular weight is 486 g/mol. The third kappa shape index (κ3) is 7.27. The quantitative estimate of drug-likeness (QED) is 0.121. The van der Waals surface area contributed by atoms with Crippen molar-refractivity contribution in [3.8, 4) is 0 Å². The first-order valence-electron chi connectivity index (χ1n) is 9.63. The Morgan fingerprint density at radius 1 is 0.706 bits per heavy atom. The van der Waals surface area contributed by atoms with Crippen molar-refractivity contribution in [1.29, 1.82) is 0 Å². The maximum Gasteiger partial charge on any atom is 0.337 e. The van der Waals surface area contributed by atoms with Crippen molar-refractivity contribution in [2.75, 3.05) is 19.8 Å². The van der Waals surface area contributed by atoms with Crippen LogP contribution < -0.4 is 0 Å². The van der Waals surface area contributed by atoms with E-state index in [0.29, 0.717) is 0 Å². The minimum Gasteiger partial charge on any atom is -0.481 e. The van der Waals surface area contributed by atoms with Crippen LogP contribution in [0, 0.1) is 11.3 Å². The summed E-state index contributed by atoms with van der Waals surface area (Å²) in [7, 11) is 0. The number of rotatable bonds is 17. The van der Waals surface area contributed by atoms with Gasteiger partial charge in [-0.1, -0.05) is 19.7 Å². The molecule has 0 aliphatic heterocycles. The van der Waals surface area contributed by atoms with Gasteiger partial charge in [-0.15, -0.1) is 0 Å². The van der Waals surface area contributed by atoms with Gasteiger partial charge < -0.3 is 34.6 Å². The molecule has 0 amide bonds. The van der Waals surface area contributed by atoms with Gasteiger partial charge in [0.25, 0.3) is 0 Å². The fourth-order valence-electron chi connectivity index (χ4n) is 3.19. The Bertz CT molecular complexity index is 818. The largest absolute Gasteiger partial charge is 0.481 e. The van der Waals surface area contributed by atoms with Crippen molar-refractivity contribution in [2.45, 2.75) is 24.9 Å². The first kappa shape index (κ1) is 30.0. The van der Waals surface area contributed by atoms with Crippen molar-refractivity contribution in [2.24, 2.45) is 11.3 Å². The smallest absolute Gasteiger partial charge is 0.337 e. The summed E-state index contributed by atoms with van der Waals surface area (Å²) in [6.45, 7) is 7.19. The fourth-order valence-corrected chi connectivity index (χ4v) is 3.19. The fraction of sp³-hybridized carbons (Fsp3) is 0.429. The molecule has 0 fully saturated rings. The third-order valence-electron chi connectivity index (χ3n) is 4.96. The number of hydrogen-bond acceptors (Lipinski definition) is 10. The predicted octanol–water partition coefficient (Wildman–Crippen LogP) is -0.0682. The maximum atomic E-state index is 12.4. The summed E-state index contributed by atoms with van der Waals surface area (Å²) in [4.78, 5) is 70.5. The molecule has 0 saturated heterocycles. The van der Waals surface area contributed by atoms with Gasteiger partial charge >= 0.3 is 35.8 Å². The van der Waals surface area contributed by atoms with E-state index in [1.54, 1.807) is 0 Å². The molecule has 0 bridgehead atoms. The molecular formula is C21H26O13. The zero-order valence-corrected chi connectivity index (χ0v) is 18.1. The van der Waals surface area contributed by atoms with Crippen molar-refractivity contribution < 1.29 is 63.4 Å². The van der Waals surface area contributed by atoms with E-state index in [-0.39, 0.29) is 0 Å². The molecule has 0 aliphatic carbocycles. The normalized spacial score (nSPS) is 13.3. The summed E-state index contributed by atoms with van der Waals surface area (Å²) >= 11 is 0. The van der Waals surface area contributed by atoms with Gasteiger partial charge in [-0.05, 0) is 6.42 Å². The second-order valence-corrected chi connectivity index (χ2v) is 6.75. The number of aliphatic carboxylic acids is 3. The van der Waals surface area contributed by atoms with Crippen LogP contribution in [0.2, 0.25) is 0 Å². The van der Waals surface area contributed by atoms with Crippen molar-refractivity contribution in [3.63, 3.8) is 0 Å². The van der Waals surface area contributed by atoms with Crippen LogP contribution in [0.15, 0.2) is 38.0 Å². The maximum absolute atomic E-state index is 12.4. The highest BCUT2D eigenvalue weighted by Crippen LogP contribution is 2.45. The standard InChI is InChI=1S/C21H26O13/c1-4-14(22)32-10-7-13(17(25)26)21(31,19(29)30)20(18(27)28,8-11-33-15(23)5-2)9-12-34-16(24)6-3/h4-6,13,31H,1-3,7-12H2,(H,25,26)(H,27,28)(H,29,30). The van der Waals surface area contributed by atoms with E-state index < -0.39 is 91.8 Å². The van der Waals surface area contributed by atoms with Crippen LogP contribution in [0.5, 0.6) is 0 Å². The highest BCUT2D eigenvalue weighted by Gasteiger charge is 2.66. The van der Waals surface area contributed by atoms with Crippen LogP contribution in [-0.4, -0.2) is 81.7 Å². The number of ether oxygens (including phenoxy) is 3. The molecule has 0 spiro atoms. The average Bonchev–Trinajstić information content (AvgIpc) is 2.78. The van der Waals surface area contributed by atoms with Gasteiger partial charge in [0.15, 0.2) is 5.60 Å². The van der Waals surface area contributed by atoms with Crippen LogP contribution in [0.4, 0.5) is 0 Å². The molecule has 0 aromatic carbocycles. The number of esters is 3. The summed E-state index contributed by atoms with van der Waals surface area (Å²) in [5, 5.41) is 40.7. The van der Waals surface area contributed by atoms with Gasteiger partial charge in [-0.3, -0.25) is 9.59 Å². The minimum atomic E-state index is -3.55. The van der Waals surface area contributed by atoms with E-state index in [1.165, 1.54) is 0 Å². The van der Waals surface area contributed by atoms with Gasteiger partial charge in [0.05, 0.1) is 19.8 Å². The molecule has 4 N–H and O–H groups in total. The monoisotopic (exact) mass is 486 g/mol. The number of hydrogen-bond donors (Lipinski definition) is 4. The number of aliphatic hydroxyl groups is 1. The summed E-state index contributed by atoms with van der Waals surface area (Å²) in [6, 6.07) is 0. The van der Waals surface area contributed by atoms with Gasteiger partial charge in [0.2, 0.25) is 0 Å². The van der Waals surface area contributed by atoms with E-state index in [4.69, 9.17) is 9.47 Å². The topological polar surface area (TPSA) is 211 Å². The van der Waals surface area contributed by atoms with E-state index in [9.17, 15) is 49.2 Å². The van der Waals surface area contributed by atoms with E-state index >= 15 is 0 Å². The molecule has 13 nitrogen and oxygen atoms in total. The van der Waals surface area contributed by atoms with Crippen LogP contribution >= 0.6 is 0 Å². The minimum absolute atomic E-state index is 0.704. The van der Waals surface area contributed by atoms with Gasteiger partial charge in [-0.2, -0.15) is 0 Å². The van der Waals surface area contributed by atoms with E-state index in [2.05, 4.69) is 24.5 Å². The molecule has 0 aromatic heterocycles. The van der Waals surface area contributed by atoms with Crippen molar-refractivity contribution >= 4 is 35.8 Å². The van der Waals surface area contributed by atoms with Gasteiger partial charge in [0.1, 0.15) is 11.3 Å². The van der Waals surface area contributed by atoms with Crippen LogP contribution in [0.25, 0.3) is 0 Å². The highest BCUT2D eigenvalue weighted by molar-refractivity contribution is 5.93. The molecule has 2 unspecified atom stereocenters. The zero-order chi connectivity index (χ0) is 26.5. The number of carboxylic acid groups (broad SMARTS) is 3. The molecule has 34 heavy (non-hydrogen) atoms. The molecular weight excluding hydrogens is 460 g/mol. The summed E-state index contributed by atoms with van der Waals surface area (Å²) in [6.07, 6.45) is -0.370. The Labute approximate surface area is 193 Å². The lowest BCUT2D eigenvalue weighted by atomic mass is 9.61. The molecule has 0 aromatic rings. The molecule has 2 atom stereocenters. The molecule has 0 radical (unpaired) electrons. The van der Waals surface area contributed by atoms with Crippen molar-refractivity contribution in [1.82, 2.24) is 0 Å². The Morgan fingerprint density at radius 3 is 1.38 bits per heavy atom. The van der Waals surface area contributed by atoms with Crippen LogP contribution in [0.1, 0.15) is 19.3 Å². The Morgan fingerprint density at radius 2 is 1.09 bits per heavy atom. The number of carboxylic acids is 3. The highest BCUT2D eigenvalue weighted by atomic mass is 16.5. The van der Waals surface area contributed by atoms with Crippen molar-refractivity contribution in [3.05, 3.63) is 38.0 Å². The third-order valence-corrected chi connectivity index (χ3v) is 4.96. The Hall–Kier alpha value is -4.00.